The van der Waals surface area contributed by atoms with E-state index >= 15 is 0 Å². The van der Waals surface area contributed by atoms with Crippen LogP contribution in [0.2, 0.25) is 0 Å². The Labute approximate surface area is 214 Å². The second-order valence-corrected chi connectivity index (χ2v) is 9.62. The third-order valence-electron chi connectivity index (χ3n) is 6.57. The molecule has 4 heterocycles. The fraction of sp³-hybridized carbons (Fsp3) is 0.148. The lowest BCUT2D eigenvalue weighted by molar-refractivity contribution is 0.0672. The molecular weight excluding hydrogens is 523 g/mol. The van der Waals surface area contributed by atoms with E-state index in [4.69, 9.17) is 0 Å². The molecule has 0 fully saturated rings. The number of hydrogen-bond acceptors (Lipinski definition) is 5. The molecule has 0 bridgehead atoms. The number of carbonyl (C=O) groups excluding carboxylic acids is 1. The summed E-state index contributed by atoms with van der Waals surface area (Å²) in [6.07, 6.45) is 5.52. The molecule has 1 atom stereocenters. The number of amides is 1. The Hall–Kier alpha value is -3.98. The number of benzene rings is 2. The van der Waals surface area contributed by atoms with E-state index in [-0.39, 0.29) is 17.6 Å². The van der Waals surface area contributed by atoms with Gasteiger partial charge >= 0.3 is 0 Å². The Morgan fingerprint density at radius 1 is 1.08 bits per heavy atom. The zero-order valence-corrected chi connectivity index (χ0v) is 20.9. The molecule has 1 aliphatic heterocycles. The lowest BCUT2D eigenvalue weighted by Crippen LogP contribution is -2.39. The van der Waals surface area contributed by atoms with Crippen molar-refractivity contribution in [3.8, 4) is 22.5 Å². The smallest absolute Gasteiger partial charge is 0.273 e. The predicted molar refractivity (Wildman–Crippen MR) is 137 cm³/mol. The van der Waals surface area contributed by atoms with Crippen LogP contribution in [0.4, 0.5) is 4.39 Å². The summed E-state index contributed by atoms with van der Waals surface area (Å²) in [6.45, 7) is 2.63. The summed E-state index contributed by atoms with van der Waals surface area (Å²) >= 11 is 3.29. The minimum atomic E-state index is -0.408. The summed E-state index contributed by atoms with van der Waals surface area (Å²) < 4.78 is 17.0. The van der Waals surface area contributed by atoms with Crippen molar-refractivity contribution in [1.82, 2.24) is 29.5 Å². The molecule has 178 valence electrons. The number of fused-ring (bicyclic) bond motifs is 2. The van der Waals surface area contributed by atoms with Gasteiger partial charge in [-0.25, -0.2) is 23.9 Å². The first kappa shape index (κ1) is 22.5. The van der Waals surface area contributed by atoms with Gasteiger partial charge in [0.2, 0.25) is 0 Å². The molecule has 2 aromatic carbocycles. The minimum Gasteiger partial charge on any atom is -0.330 e. The van der Waals surface area contributed by atoms with Crippen LogP contribution in [0.1, 0.15) is 34.6 Å². The Kier molecular flexibility index (Phi) is 5.56. The fourth-order valence-electron chi connectivity index (χ4n) is 4.75. The molecule has 3 aromatic heterocycles. The van der Waals surface area contributed by atoms with Crippen molar-refractivity contribution in [3.05, 3.63) is 100 Å². The molecule has 36 heavy (non-hydrogen) atoms. The Balaban J connectivity index is 1.48. The Morgan fingerprint density at radius 2 is 1.89 bits per heavy atom. The third-order valence-corrected chi connectivity index (χ3v) is 7.06. The van der Waals surface area contributed by atoms with Crippen LogP contribution in [0.5, 0.6) is 0 Å². The molecule has 5 aromatic rings. The molecule has 0 saturated carbocycles. The van der Waals surface area contributed by atoms with Crippen LogP contribution in [0.15, 0.2) is 77.8 Å². The quantitative estimate of drug-likeness (QED) is 0.300. The molecule has 1 aliphatic rings. The summed E-state index contributed by atoms with van der Waals surface area (Å²) in [7, 11) is 0. The average molecular weight is 543 g/mol. The normalized spacial score (nSPS) is 15.2. The molecule has 0 unspecified atom stereocenters. The van der Waals surface area contributed by atoms with E-state index < -0.39 is 5.82 Å². The van der Waals surface area contributed by atoms with Crippen molar-refractivity contribution in [2.75, 3.05) is 6.54 Å². The van der Waals surface area contributed by atoms with E-state index in [0.29, 0.717) is 39.2 Å². The van der Waals surface area contributed by atoms with Gasteiger partial charge in [0.15, 0.2) is 5.65 Å². The van der Waals surface area contributed by atoms with Gasteiger partial charge in [0.1, 0.15) is 17.8 Å². The number of hydrogen-bond donors (Lipinski definition) is 0. The monoisotopic (exact) mass is 542 g/mol. The first-order valence-electron chi connectivity index (χ1n) is 11.5. The molecule has 1 amide bonds. The molecule has 6 rings (SSSR count). The first-order valence-corrected chi connectivity index (χ1v) is 12.3. The predicted octanol–water partition coefficient (Wildman–Crippen LogP) is 5.51. The van der Waals surface area contributed by atoms with Gasteiger partial charge in [-0.1, -0.05) is 40.2 Å². The van der Waals surface area contributed by atoms with E-state index in [1.165, 1.54) is 18.0 Å². The second-order valence-electron chi connectivity index (χ2n) is 8.70. The molecule has 7 nitrogen and oxygen atoms in total. The molecule has 0 N–H and O–H groups in total. The summed E-state index contributed by atoms with van der Waals surface area (Å²) in [6, 6.07) is 16.3. The van der Waals surface area contributed by atoms with Crippen molar-refractivity contribution in [3.63, 3.8) is 0 Å². The number of halogens is 2. The SMILES string of the molecule is C[C@@H]1c2ccccc2CCN1C(=O)c1cc(-c2cncnc2)n2nc(-c3ccc(Br)cc3F)cc2n1. The maximum atomic E-state index is 14.7. The van der Waals surface area contributed by atoms with Crippen LogP contribution in [0.3, 0.4) is 0 Å². The van der Waals surface area contributed by atoms with Gasteiger partial charge in [0.05, 0.1) is 17.4 Å². The second kappa shape index (κ2) is 8.91. The highest BCUT2D eigenvalue weighted by Gasteiger charge is 2.29. The molecule has 9 heteroatoms. The van der Waals surface area contributed by atoms with Crippen LogP contribution >= 0.6 is 15.9 Å². The molecular formula is C27H20BrFN6O. The Morgan fingerprint density at radius 3 is 2.69 bits per heavy atom. The van der Waals surface area contributed by atoms with E-state index in [9.17, 15) is 9.18 Å². The van der Waals surface area contributed by atoms with Gasteiger partial charge in [-0.15, -0.1) is 0 Å². The summed E-state index contributed by atoms with van der Waals surface area (Å²) in [5.41, 5.74) is 5.14. The van der Waals surface area contributed by atoms with Crippen LogP contribution in [-0.4, -0.2) is 41.9 Å². The first-order chi connectivity index (χ1) is 17.5. The average Bonchev–Trinajstić information content (AvgIpc) is 3.32. The van der Waals surface area contributed by atoms with Crippen molar-refractivity contribution in [2.45, 2.75) is 19.4 Å². The van der Waals surface area contributed by atoms with Gasteiger partial charge in [-0.05, 0) is 48.7 Å². The van der Waals surface area contributed by atoms with Crippen molar-refractivity contribution in [2.24, 2.45) is 0 Å². The van der Waals surface area contributed by atoms with Crippen molar-refractivity contribution in [1.29, 1.82) is 0 Å². The van der Waals surface area contributed by atoms with Gasteiger partial charge in [0.25, 0.3) is 5.91 Å². The highest BCUT2D eigenvalue weighted by molar-refractivity contribution is 9.10. The van der Waals surface area contributed by atoms with E-state index in [1.54, 1.807) is 41.2 Å². The van der Waals surface area contributed by atoms with Crippen LogP contribution in [0.25, 0.3) is 28.2 Å². The highest BCUT2D eigenvalue weighted by atomic mass is 79.9. The molecule has 0 saturated heterocycles. The zero-order chi connectivity index (χ0) is 24.8. The lowest BCUT2D eigenvalue weighted by atomic mass is 9.93. The topological polar surface area (TPSA) is 76.3 Å². The minimum absolute atomic E-state index is 0.0821. The standard InChI is InChI=1S/C27H20BrFN6O/c1-16-20-5-3-2-4-17(20)8-9-34(16)27(36)24-11-25(18-13-30-15-31-14-18)35-26(32-24)12-23(33-35)21-7-6-19(28)10-22(21)29/h2-7,10-16H,8-9H2,1H3/t16-/m1/s1. The highest BCUT2D eigenvalue weighted by Crippen LogP contribution is 2.32. The van der Waals surface area contributed by atoms with E-state index in [0.717, 1.165) is 12.0 Å². The number of nitrogens with zero attached hydrogens (tertiary/aromatic N) is 6. The fourth-order valence-corrected chi connectivity index (χ4v) is 5.08. The molecule has 0 radical (unpaired) electrons. The summed E-state index contributed by atoms with van der Waals surface area (Å²) in [4.78, 5) is 28.5. The number of rotatable bonds is 3. The van der Waals surface area contributed by atoms with Gasteiger partial charge in [0, 0.05) is 40.6 Å². The van der Waals surface area contributed by atoms with Crippen molar-refractivity contribution < 1.29 is 9.18 Å². The maximum absolute atomic E-state index is 14.7. The zero-order valence-electron chi connectivity index (χ0n) is 19.3. The summed E-state index contributed by atoms with van der Waals surface area (Å²) in [5.74, 6) is -0.579. The van der Waals surface area contributed by atoms with Gasteiger partial charge < -0.3 is 4.90 Å². The number of carbonyl (C=O) groups is 1. The third kappa shape index (κ3) is 3.85. The maximum Gasteiger partial charge on any atom is 0.273 e. The van der Waals surface area contributed by atoms with Crippen LogP contribution in [-0.2, 0) is 6.42 Å². The molecule has 0 aliphatic carbocycles. The van der Waals surface area contributed by atoms with Gasteiger partial charge in [-0.3, -0.25) is 4.79 Å². The van der Waals surface area contributed by atoms with E-state index in [2.05, 4.69) is 48.1 Å². The van der Waals surface area contributed by atoms with Crippen LogP contribution in [0, 0.1) is 5.82 Å². The largest absolute Gasteiger partial charge is 0.330 e. The molecule has 0 spiro atoms. The lowest BCUT2D eigenvalue weighted by Gasteiger charge is -2.35. The van der Waals surface area contributed by atoms with Crippen LogP contribution < -0.4 is 0 Å². The van der Waals surface area contributed by atoms with Gasteiger partial charge in [-0.2, -0.15) is 5.10 Å². The number of aromatic nitrogens is 5. The van der Waals surface area contributed by atoms with E-state index in [1.807, 2.05) is 24.0 Å². The summed E-state index contributed by atoms with van der Waals surface area (Å²) in [5, 5.41) is 4.63. The Bertz CT molecular complexity index is 1620. The van der Waals surface area contributed by atoms with Crippen molar-refractivity contribution >= 4 is 27.5 Å².